The summed E-state index contributed by atoms with van der Waals surface area (Å²) in [6.45, 7) is 10.9. The number of methoxy groups -OCH3 is 1. The van der Waals surface area contributed by atoms with Crippen molar-refractivity contribution in [2.24, 2.45) is 0 Å². The summed E-state index contributed by atoms with van der Waals surface area (Å²) < 4.78 is 5.12. The topological polar surface area (TPSA) is 63.2 Å². The van der Waals surface area contributed by atoms with Gasteiger partial charge in [-0.3, -0.25) is 0 Å². The van der Waals surface area contributed by atoms with E-state index >= 15 is 0 Å². The Morgan fingerprint density at radius 1 is 1.18 bits per heavy atom. The van der Waals surface area contributed by atoms with Gasteiger partial charge in [-0.05, 0) is 53.5 Å². The Bertz CT molecular complexity index is 445. The Morgan fingerprint density at radius 2 is 1.77 bits per heavy atom. The molecule has 1 aliphatic heterocycles. The SMILES string of the molecule is COCCCNC1CC(C)(C)N(c2ncncn2)C(C)(C)C1. The molecule has 0 atom stereocenters. The predicted octanol–water partition coefficient (Wildman–Crippen LogP) is 2.02. The summed E-state index contributed by atoms with van der Waals surface area (Å²) in [6.07, 6.45) is 6.32. The van der Waals surface area contributed by atoms with Crippen molar-refractivity contribution >= 4 is 5.95 Å². The Balaban J connectivity index is 2.09. The van der Waals surface area contributed by atoms with Crippen LogP contribution in [-0.2, 0) is 4.74 Å². The lowest BCUT2D eigenvalue weighted by molar-refractivity contribution is 0.176. The van der Waals surface area contributed by atoms with Gasteiger partial charge in [-0.25, -0.2) is 15.0 Å². The van der Waals surface area contributed by atoms with Gasteiger partial charge in [0.25, 0.3) is 0 Å². The molecule has 6 nitrogen and oxygen atoms in total. The predicted molar refractivity (Wildman–Crippen MR) is 88.0 cm³/mol. The first-order valence-corrected chi connectivity index (χ1v) is 8.01. The van der Waals surface area contributed by atoms with Crippen LogP contribution in [0.4, 0.5) is 5.95 Å². The third kappa shape index (κ3) is 3.93. The normalized spacial score (nSPS) is 21.0. The smallest absolute Gasteiger partial charge is 0.229 e. The number of hydrogen-bond donors (Lipinski definition) is 1. The largest absolute Gasteiger partial charge is 0.385 e. The van der Waals surface area contributed by atoms with Crippen LogP contribution in [0.2, 0.25) is 0 Å². The molecule has 1 fully saturated rings. The average molecular weight is 307 g/mol. The zero-order valence-electron chi connectivity index (χ0n) is 14.5. The van der Waals surface area contributed by atoms with Gasteiger partial charge in [-0.15, -0.1) is 0 Å². The standard InChI is InChI=1S/C16H29N5O/c1-15(2)9-13(18-7-6-8-22-5)10-16(3,4)21(15)14-19-11-17-12-20-14/h11-13,18H,6-10H2,1-5H3. The van der Waals surface area contributed by atoms with Gasteiger partial charge in [0.15, 0.2) is 0 Å². The number of hydrogen-bond acceptors (Lipinski definition) is 6. The molecule has 0 aromatic carbocycles. The van der Waals surface area contributed by atoms with E-state index in [-0.39, 0.29) is 11.1 Å². The first-order chi connectivity index (χ1) is 10.4. The molecule has 0 saturated carbocycles. The minimum absolute atomic E-state index is 0.0119. The molecule has 0 aliphatic carbocycles. The van der Waals surface area contributed by atoms with E-state index in [1.807, 2.05) is 0 Å². The Labute approximate surface area is 133 Å². The number of nitrogens with one attached hydrogen (secondary N) is 1. The van der Waals surface area contributed by atoms with Crippen LogP contribution in [0.15, 0.2) is 12.7 Å². The fraction of sp³-hybridized carbons (Fsp3) is 0.812. The summed E-state index contributed by atoms with van der Waals surface area (Å²) >= 11 is 0. The van der Waals surface area contributed by atoms with E-state index in [9.17, 15) is 0 Å². The fourth-order valence-electron chi connectivity index (χ4n) is 3.84. The van der Waals surface area contributed by atoms with Crippen LogP contribution in [0, 0.1) is 0 Å². The first-order valence-electron chi connectivity index (χ1n) is 8.01. The van der Waals surface area contributed by atoms with Crippen molar-refractivity contribution in [2.45, 2.75) is 64.1 Å². The zero-order chi connectivity index (χ0) is 16.2. The molecule has 1 aromatic heterocycles. The lowest BCUT2D eigenvalue weighted by atomic mass is 9.77. The number of nitrogens with zero attached hydrogens (tertiary/aromatic N) is 4. The van der Waals surface area contributed by atoms with Crippen LogP contribution in [0.1, 0.15) is 47.0 Å². The number of anilines is 1. The molecule has 0 bridgehead atoms. The Morgan fingerprint density at radius 3 is 2.32 bits per heavy atom. The monoisotopic (exact) mass is 307 g/mol. The van der Waals surface area contributed by atoms with Crippen LogP contribution in [-0.4, -0.2) is 52.3 Å². The minimum Gasteiger partial charge on any atom is -0.385 e. The maximum atomic E-state index is 5.12. The molecule has 1 saturated heterocycles. The summed E-state index contributed by atoms with van der Waals surface area (Å²) in [6, 6.07) is 0.500. The van der Waals surface area contributed by atoms with Crippen molar-refractivity contribution in [3.63, 3.8) is 0 Å². The molecule has 0 spiro atoms. The highest BCUT2D eigenvalue weighted by Gasteiger charge is 2.46. The lowest BCUT2D eigenvalue weighted by Crippen LogP contribution is -2.64. The number of aromatic nitrogens is 3. The molecule has 22 heavy (non-hydrogen) atoms. The van der Waals surface area contributed by atoms with Crippen LogP contribution in [0.3, 0.4) is 0 Å². The van der Waals surface area contributed by atoms with Crippen LogP contribution in [0.25, 0.3) is 0 Å². The van der Waals surface area contributed by atoms with Gasteiger partial charge in [0.2, 0.25) is 5.95 Å². The lowest BCUT2D eigenvalue weighted by Gasteiger charge is -2.55. The highest BCUT2D eigenvalue weighted by atomic mass is 16.5. The molecule has 2 heterocycles. The van der Waals surface area contributed by atoms with Gasteiger partial charge in [0, 0.05) is 30.8 Å². The maximum absolute atomic E-state index is 5.12. The van der Waals surface area contributed by atoms with E-state index in [0.29, 0.717) is 6.04 Å². The molecule has 1 aromatic rings. The van der Waals surface area contributed by atoms with Crippen LogP contribution >= 0.6 is 0 Å². The van der Waals surface area contributed by atoms with E-state index in [2.05, 4.69) is 52.9 Å². The molecule has 0 radical (unpaired) electrons. The number of ether oxygens (including phenoxy) is 1. The third-order valence-corrected chi connectivity index (χ3v) is 4.34. The van der Waals surface area contributed by atoms with E-state index in [1.54, 1.807) is 19.8 Å². The van der Waals surface area contributed by atoms with Crippen molar-refractivity contribution in [1.29, 1.82) is 0 Å². The van der Waals surface area contributed by atoms with Crippen LogP contribution < -0.4 is 10.2 Å². The quantitative estimate of drug-likeness (QED) is 0.811. The Hall–Kier alpha value is -1.27. The molecule has 2 rings (SSSR count). The van der Waals surface area contributed by atoms with Gasteiger partial charge in [-0.2, -0.15) is 0 Å². The average Bonchev–Trinajstić information content (AvgIpc) is 2.42. The van der Waals surface area contributed by atoms with E-state index in [1.165, 1.54) is 0 Å². The molecular weight excluding hydrogens is 278 g/mol. The van der Waals surface area contributed by atoms with Gasteiger partial charge in [-0.1, -0.05) is 0 Å². The van der Waals surface area contributed by atoms with Crippen molar-refractivity contribution in [1.82, 2.24) is 20.3 Å². The second-order valence-electron chi connectivity index (χ2n) is 7.30. The molecule has 0 amide bonds. The Kier molecular flexibility index (Phi) is 5.34. The second kappa shape index (κ2) is 6.87. The summed E-state index contributed by atoms with van der Waals surface area (Å²) in [4.78, 5) is 15.0. The summed E-state index contributed by atoms with van der Waals surface area (Å²) in [7, 11) is 1.75. The van der Waals surface area contributed by atoms with E-state index in [4.69, 9.17) is 4.74 Å². The molecule has 1 aliphatic rings. The summed E-state index contributed by atoms with van der Waals surface area (Å²) in [5, 5.41) is 3.68. The summed E-state index contributed by atoms with van der Waals surface area (Å²) in [5.74, 6) is 0.767. The minimum atomic E-state index is -0.0119. The van der Waals surface area contributed by atoms with Crippen molar-refractivity contribution in [3.05, 3.63) is 12.7 Å². The molecule has 0 unspecified atom stereocenters. The number of rotatable bonds is 6. The molecule has 124 valence electrons. The van der Waals surface area contributed by atoms with Gasteiger partial charge < -0.3 is 15.0 Å². The van der Waals surface area contributed by atoms with Crippen molar-refractivity contribution in [3.8, 4) is 0 Å². The van der Waals surface area contributed by atoms with Gasteiger partial charge >= 0.3 is 0 Å². The van der Waals surface area contributed by atoms with E-state index in [0.717, 1.165) is 38.4 Å². The van der Waals surface area contributed by atoms with Gasteiger partial charge in [0.1, 0.15) is 12.7 Å². The third-order valence-electron chi connectivity index (χ3n) is 4.34. The molecule has 1 N–H and O–H groups in total. The van der Waals surface area contributed by atoms with Crippen molar-refractivity contribution < 1.29 is 4.74 Å². The molecule has 6 heteroatoms. The van der Waals surface area contributed by atoms with E-state index < -0.39 is 0 Å². The highest BCUT2D eigenvalue weighted by molar-refractivity contribution is 5.39. The van der Waals surface area contributed by atoms with Crippen molar-refractivity contribution in [2.75, 3.05) is 25.2 Å². The molecular formula is C16H29N5O. The zero-order valence-corrected chi connectivity index (χ0v) is 14.5. The number of piperidine rings is 1. The first kappa shape index (κ1) is 17.1. The van der Waals surface area contributed by atoms with Gasteiger partial charge in [0.05, 0.1) is 0 Å². The summed E-state index contributed by atoms with van der Waals surface area (Å²) in [5.41, 5.74) is -0.0238. The van der Waals surface area contributed by atoms with Crippen LogP contribution in [0.5, 0.6) is 0 Å². The highest BCUT2D eigenvalue weighted by Crippen LogP contribution is 2.40. The fourth-order valence-corrected chi connectivity index (χ4v) is 3.84. The maximum Gasteiger partial charge on any atom is 0.229 e. The second-order valence-corrected chi connectivity index (χ2v) is 7.30.